The first-order valence-corrected chi connectivity index (χ1v) is 5.42. The van der Waals surface area contributed by atoms with Gasteiger partial charge in [-0.1, -0.05) is 6.07 Å². The van der Waals surface area contributed by atoms with Gasteiger partial charge < -0.3 is 5.73 Å². The number of nitrogens with zero attached hydrogens (tertiary/aromatic N) is 2. The number of rotatable bonds is 5. The van der Waals surface area contributed by atoms with Crippen LogP contribution in [0.2, 0.25) is 0 Å². The SMILES string of the molecule is Cc1cncc(CN(C)C(C)CC(=N)N)c1. The van der Waals surface area contributed by atoms with Crippen LogP contribution in [0.3, 0.4) is 0 Å². The Kier molecular flexibility index (Phi) is 4.43. The molecule has 4 heteroatoms. The van der Waals surface area contributed by atoms with Crippen LogP contribution in [0.15, 0.2) is 18.5 Å². The van der Waals surface area contributed by atoms with Gasteiger partial charge >= 0.3 is 0 Å². The van der Waals surface area contributed by atoms with E-state index < -0.39 is 0 Å². The molecule has 0 spiro atoms. The maximum atomic E-state index is 7.27. The Morgan fingerprint density at radius 3 is 2.81 bits per heavy atom. The molecule has 0 fully saturated rings. The summed E-state index contributed by atoms with van der Waals surface area (Å²) in [5, 5.41) is 7.27. The van der Waals surface area contributed by atoms with E-state index in [2.05, 4.69) is 22.9 Å². The van der Waals surface area contributed by atoms with Gasteiger partial charge in [-0.15, -0.1) is 0 Å². The second kappa shape index (κ2) is 5.61. The van der Waals surface area contributed by atoms with E-state index in [0.29, 0.717) is 6.42 Å². The second-order valence-corrected chi connectivity index (χ2v) is 4.36. The average Bonchev–Trinajstić information content (AvgIpc) is 2.16. The zero-order chi connectivity index (χ0) is 12.1. The summed E-state index contributed by atoms with van der Waals surface area (Å²) in [6.45, 7) is 4.95. The molecule has 1 unspecified atom stereocenters. The summed E-state index contributed by atoms with van der Waals surface area (Å²) in [6, 6.07) is 2.40. The number of amidine groups is 1. The van der Waals surface area contributed by atoms with E-state index in [9.17, 15) is 0 Å². The van der Waals surface area contributed by atoms with Crippen molar-refractivity contribution in [1.82, 2.24) is 9.88 Å². The maximum absolute atomic E-state index is 7.27. The predicted octanol–water partition coefficient (Wildman–Crippen LogP) is 1.54. The lowest BCUT2D eigenvalue weighted by Gasteiger charge is -2.24. The lowest BCUT2D eigenvalue weighted by atomic mass is 10.1. The summed E-state index contributed by atoms with van der Waals surface area (Å²) in [5.41, 5.74) is 7.76. The van der Waals surface area contributed by atoms with Crippen molar-refractivity contribution in [2.24, 2.45) is 5.73 Å². The van der Waals surface area contributed by atoms with Crippen LogP contribution in [-0.2, 0) is 6.54 Å². The van der Waals surface area contributed by atoms with Crippen molar-refractivity contribution in [1.29, 1.82) is 5.41 Å². The van der Waals surface area contributed by atoms with Gasteiger partial charge in [0, 0.05) is 31.4 Å². The highest BCUT2D eigenvalue weighted by molar-refractivity contribution is 5.77. The van der Waals surface area contributed by atoms with Gasteiger partial charge in [-0.3, -0.25) is 15.3 Å². The van der Waals surface area contributed by atoms with Crippen LogP contribution < -0.4 is 5.73 Å². The van der Waals surface area contributed by atoms with Gasteiger partial charge in [0.1, 0.15) is 0 Å². The highest BCUT2D eigenvalue weighted by Crippen LogP contribution is 2.08. The smallest absolute Gasteiger partial charge is 0.0920 e. The normalized spacial score (nSPS) is 12.8. The van der Waals surface area contributed by atoms with Gasteiger partial charge in [-0.25, -0.2) is 0 Å². The Labute approximate surface area is 97.0 Å². The van der Waals surface area contributed by atoms with Gasteiger partial charge in [0.2, 0.25) is 0 Å². The van der Waals surface area contributed by atoms with Crippen LogP contribution in [0.1, 0.15) is 24.5 Å². The highest BCUT2D eigenvalue weighted by Gasteiger charge is 2.10. The number of hydrogen-bond donors (Lipinski definition) is 2. The van der Waals surface area contributed by atoms with E-state index in [4.69, 9.17) is 11.1 Å². The molecule has 16 heavy (non-hydrogen) atoms. The molecule has 88 valence electrons. The van der Waals surface area contributed by atoms with E-state index in [1.807, 2.05) is 26.4 Å². The van der Waals surface area contributed by atoms with E-state index in [1.165, 1.54) is 11.1 Å². The molecule has 3 N–H and O–H groups in total. The number of nitrogens with two attached hydrogens (primary N) is 1. The van der Waals surface area contributed by atoms with Gasteiger partial charge in [-0.05, 0) is 32.0 Å². The first-order valence-electron chi connectivity index (χ1n) is 5.42. The van der Waals surface area contributed by atoms with E-state index in [-0.39, 0.29) is 11.9 Å². The quantitative estimate of drug-likeness (QED) is 0.584. The lowest BCUT2D eigenvalue weighted by molar-refractivity contribution is 0.254. The summed E-state index contributed by atoms with van der Waals surface area (Å²) in [6.07, 6.45) is 4.34. The average molecular weight is 220 g/mol. The first-order chi connectivity index (χ1) is 7.49. The summed E-state index contributed by atoms with van der Waals surface area (Å²) < 4.78 is 0. The molecule has 0 aliphatic rings. The molecule has 0 aliphatic heterocycles. The molecule has 0 aromatic carbocycles. The summed E-state index contributed by atoms with van der Waals surface area (Å²) in [7, 11) is 2.04. The van der Waals surface area contributed by atoms with Crippen LogP contribution in [-0.4, -0.2) is 28.8 Å². The zero-order valence-electron chi connectivity index (χ0n) is 10.2. The molecule has 0 amide bonds. The largest absolute Gasteiger partial charge is 0.388 e. The molecule has 1 atom stereocenters. The van der Waals surface area contributed by atoms with Crippen LogP contribution in [0.5, 0.6) is 0 Å². The maximum Gasteiger partial charge on any atom is 0.0920 e. The Hall–Kier alpha value is -1.42. The predicted molar refractivity (Wildman–Crippen MR) is 66.4 cm³/mol. The van der Waals surface area contributed by atoms with Crippen molar-refractivity contribution in [2.75, 3.05) is 7.05 Å². The molecular formula is C12H20N4. The van der Waals surface area contributed by atoms with Gasteiger partial charge in [0.15, 0.2) is 0 Å². The van der Waals surface area contributed by atoms with Crippen molar-refractivity contribution in [3.63, 3.8) is 0 Å². The zero-order valence-corrected chi connectivity index (χ0v) is 10.2. The topological polar surface area (TPSA) is 66.0 Å². The standard InChI is InChI=1S/C12H20N4/c1-9-4-11(7-15-6-9)8-16(3)10(2)5-12(13)14/h4,6-7,10H,5,8H2,1-3H3,(H3,13,14). The highest BCUT2D eigenvalue weighted by atomic mass is 15.1. The van der Waals surface area contributed by atoms with E-state index in [1.54, 1.807) is 0 Å². The number of hydrogen-bond acceptors (Lipinski definition) is 3. The van der Waals surface area contributed by atoms with Crippen LogP contribution >= 0.6 is 0 Å². The lowest BCUT2D eigenvalue weighted by Crippen LogP contribution is -2.32. The Morgan fingerprint density at radius 1 is 1.56 bits per heavy atom. The molecule has 1 aromatic heterocycles. The first kappa shape index (κ1) is 12.6. The third kappa shape index (κ3) is 3.98. The van der Waals surface area contributed by atoms with E-state index >= 15 is 0 Å². The fraction of sp³-hybridized carbons (Fsp3) is 0.500. The number of nitrogens with one attached hydrogen (secondary N) is 1. The van der Waals surface area contributed by atoms with Crippen molar-refractivity contribution in [2.45, 2.75) is 32.9 Å². The molecule has 4 nitrogen and oxygen atoms in total. The molecule has 0 aliphatic carbocycles. The van der Waals surface area contributed by atoms with Crippen LogP contribution in [0.25, 0.3) is 0 Å². The van der Waals surface area contributed by atoms with Gasteiger partial charge in [-0.2, -0.15) is 0 Å². The molecule has 0 bridgehead atoms. The third-order valence-corrected chi connectivity index (χ3v) is 2.63. The van der Waals surface area contributed by atoms with Crippen LogP contribution in [0.4, 0.5) is 0 Å². The number of pyridine rings is 1. The Morgan fingerprint density at radius 2 is 2.25 bits per heavy atom. The van der Waals surface area contributed by atoms with Gasteiger partial charge in [0.05, 0.1) is 5.84 Å². The van der Waals surface area contributed by atoms with Crippen molar-refractivity contribution < 1.29 is 0 Å². The van der Waals surface area contributed by atoms with Gasteiger partial charge in [0.25, 0.3) is 0 Å². The molecule has 0 saturated heterocycles. The minimum Gasteiger partial charge on any atom is -0.388 e. The minimum absolute atomic E-state index is 0.238. The third-order valence-electron chi connectivity index (χ3n) is 2.63. The monoisotopic (exact) mass is 220 g/mol. The molecule has 0 radical (unpaired) electrons. The summed E-state index contributed by atoms with van der Waals surface area (Å²) in [4.78, 5) is 6.34. The fourth-order valence-corrected chi connectivity index (χ4v) is 1.62. The summed E-state index contributed by atoms with van der Waals surface area (Å²) >= 11 is 0. The molecule has 1 rings (SSSR count). The molecule has 1 aromatic rings. The minimum atomic E-state index is 0.238. The fourth-order valence-electron chi connectivity index (χ4n) is 1.62. The van der Waals surface area contributed by atoms with Crippen molar-refractivity contribution in [3.8, 4) is 0 Å². The number of aromatic nitrogens is 1. The molecule has 0 saturated carbocycles. The van der Waals surface area contributed by atoms with Crippen molar-refractivity contribution >= 4 is 5.84 Å². The van der Waals surface area contributed by atoms with E-state index in [0.717, 1.165) is 6.54 Å². The van der Waals surface area contributed by atoms with Crippen LogP contribution in [0, 0.1) is 12.3 Å². The Bertz CT molecular complexity index is 362. The second-order valence-electron chi connectivity index (χ2n) is 4.36. The Balaban J connectivity index is 2.56. The molecular weight excluding hydrogens is 200 g/mol. The van der Waals surface area contributed by atoms with Crippen molar-refractivity contribution in [3.05, 3.63) is 29.6 Å². The summed E-state index contributed by atoms with van der Waals surface area (Å²) in [5.74, 6) is 0.238. The number of aryl methyl sites for hydroxylation is 1. The molecule has 1 heterocycles.